The fourth-order valence-electron chi connectivity index (χ4n) is 1.61. The molecule has 0 bridgehead atoms. The topological polar surface area (TPSA) is 85.9 Å². The normalized spacial score (nSPS) is 12.2. The number of rotatable bonds is 4. The lowest BCUT2D eigenvalue weighted by molar-refractivity contribution is 0.603. The van der Waals surface area contributed by atoms with Gasteiger partial charge in [-0.25, -0.2) is 18.4 Å². The maximum atomic E-state index is 11.1. The summed E-state index contributed by atoms with van der Waals surface area (Å²) < 4.78 is 22.1. The first-order chi connectivity index (χ1) is 8.78. The van der Waals surface area contributed by atoms with Crippen molar-refractivity contribution in [3.63, 3.8) is 0 Å². The van der Waals surface area contributed by atoms with Crippen molar-refractivity contribution in [3.8, 4) is 0 Å². The second kappa shape index (κ2) is 5.26. The molecule has 2 rings (SSSR count). The molecule has 0 atom stereocenters. The quantitative estimate of drug-likeness (QED) is 0.686. The van der Waals surface area contributed by atoms with E-state index in [1.165, 1.54) is 22.9 Å². The SMILES string of the molecule is Cc1sc2nc(SCCS(C)(=O)=O)nc(N)c2c1C. The van der Waals surface area contributed by atoms with Crippen LogP contribution in [0.25, 0.3) is 10.2 Å². The van der Waals surface area contributed by atoms with Crippen LogP contribution in [0, 0.1) is 13.8 Å². The lowest BCUT2D eigenvalue weighted by Gasteiger charge is -2.02. The molecule has 0 radical (unpaired) electrons. The number of fused-ring (bicyclic) bond motifs is 1. The zero-order valence-corrected chi connectivity index (χ0v) is 13.4. The van der Waals surface area contributed by atoms with E-state index in [1.807, 2.05) is 13.8 Å². The monoisotopic (exact) mass is 317 g/mol. The summed E-state index contributed by atoms with van der Waals surface area (Å²) in [5.41, 5.74) is 7.07. The van der Waals surface area contributed by atoms with Gasteiger partial charge in [0.05, 0.1) is 11.1 Å². The highest BCUT2D eigenvalue weighted by atomic mass is 32.2. The molecule has 5 nitrogen and oxygen atoms in total. The third-order valence-electron chi connectivity index (χ3n) is 2.72. The van der Waals surface area contributed by atoms with Crippen LogP contribution in [0.1, 0.15) is 10.4 Å². The molecule has 0 aromatic carbocycles. The highest BCUT2D eigenvalue weighted by molar-refractivity contribution is 8.00. The Morgan fingerprint density at radius 2 is 2.00 bits per heavy atom. The summed E-state index contributed by atoms with van der Waals surface area (Å²) in [5.74, 6) is 1.02. The highest BCUT2D eigenvalue weighted by Gasteiger charge is 2.13. The average molecular weight is 317 g/mol. The van der Waals surface area contributed by atoms with Crippen LogP contribution in [0.3, 0.4) is 0 Å². The average Bonchev–Trinajstić information content (AvgIpc) is 2.53. The molecule has 0 aliphatic carbocycles. The summed E-state index contributed by atoms with van der Waals surface area (Å²) in [7, 11) is -2.95. The van der Waals surface area contributed by atoms with E-state index in [0.717, 1.165) is 15.8 Å². The van der Waals surface area contributed by atoms with E-state index in [1.54, 1.807) is 11.3 Å². The van der Waals surface area contributed by atoms with Gasteiger partial charge < -0.3 is 5.73 Å². The molecule has 19 heavy (non-hydrogen) atoms. The first-order valence-corrected chi connectivity index (χ1v) is 9.48. The minimum atomic E-state index is -2.95. The van der Waals surface area contributed by atoms with Crippen molar-refractivity contribution in [1.29, 1.82) is 0 Å². The van der Waals surface area contributed by atoms with Crippen molar-refractivity contribution in [2.45, 2.75) is 19.0 Å². The highest BCUT2D eigenvalue weighted by Crippen LogP contribution is 2.33. The molecule has 0 fully saturated rings. The summed E-state index contributed by atoms with van der Waals surface area (Å²) in [6, 6.07) is 0. The Kier molecular flexibility index (Phi) is 4.03. The predicted octanol–water partition coefficient (Wildman–Crippen LogP) is 2.03. The zero-order chi connectivity index (χ0) is 14.2. The largest absolute Gasteiger partial charge is 0.383 e. The maximum Gasteiger partial charge on any atom is 0.190 e. The first-order valence-electron chi connectivity index (χ1n) is 5.61. The Balaban J connectivity index is 2.26. The molecule has 2 N–H and O–H groups in total. The van der Waals surface area contributed by atoms with E-state index in [-0.39, 0.29) is 5.75 Å². The van der Waals surface area contributed by atoms with Gasteiger partial charge in [-0.1, -0.05) is 11.8 Å². The molecule has 104 valence electrons. The zero-order valence-electron chi connectivity index (χ0n) is 10.9. The Bertz CT molecular complexity index is 722. The van der Waals surface area contributed by atoms with Crippen molar-refractivity contribution >= 4 is 49.0 Å². The number of aromatic nitrogens is 2. The molecule has 0 saturated heterocycles. The van der Waals surface area contributed by atoms with E-state index in [0.29, 0.717) is 16.7 Å². The fourth-order valence-corrected chi connectivity index (χ4v) is 4.75. The summed E-state index contributed by atoms with van der Waals surface area (Å²) in [5, 5.41) is 1.45. The maximum absolute atomic E-state index is 11.1. The summed E-state index contributed by atoms with van der Waals surface area (Å²) >= 11 is 2.90. The standard InChI is InChI=1S/C11H15N3O2S3/c1-6-7(2)18-10-8(6)9(12)13-11(14-10)17-4-5-19(3,15)16/h4-5H2,1-3H3,(H2,12,13,14). The van der Waals surface area contributed by atoms with Gasteiger partial charge in [-0.15, -0.1) is 11.3 Å². The molecular weight excluding hydrogens is 302 g/mol. The third kappa shape index (κ3) is 3.37. The van der Waals surface area contributed by atoms with Gasteiger partial charge in [0.1, 0.15) is 20.5 Å². The van der Waals surface area contributed by atoms with Crippen LogP contribution < -0.4 is 5.73 Å². The molecule has 0 aliphatic heterocycles. The van der Waals surface area contributed by atoms with Gasteiger partial charge in [0, 0.05) is 16.9 Å². The molecule has 2 heterocycles. The fraction of sp³-hybridized carbons (Fsp3) is 0.455. The van der Waals surface area contributed by atoms with E-state index in [4.69, 9.17) is 5.73 Å². The van der Waals surface area contributed by atoms with Crippen LogP contribution in [0.5, 0.6) is 0 Å². The third-order valence-corrected chi connectivity index (χ3v) is 5.88. The van der Waals surface area contributed by atoms with Crippen LogP contribution in [-0.4, -0.2) is 36.1 Å². The van der Waals surface area contributed by atoms with Crippen molar-refractivity contribution in [3.05, 3.63) is 10.4 Å². The van der Waals surface area contributed by atoms with E-state index in [9.17, 15) is 8.42 Å². The Labute approximate surface area is 120 Å². The van der Waals surface area contributed by atoms with Gasteiger partial charge in [-0.05, 0) is 19.4 Å². The van der Waals surface area contributed by atoms with Gasteiger partial charge in [0.2, 0.25) is 0 Å². The number of sulfone groups is 1. The molecular formula is C11H15N3O2S3. The molecule has 0 saturated carbocycles. The predicted molar refractivity (Wildman–Crippen MR) is 81.7 cm³/mol. The minimum absolute atomic E-state index is 0.113. The van der Waals surface area contributed by atoms with Gasteiger partial charge in [-0.2, -0.15) is 0 Å². The van der Waals surface area contributed by atoms with Gasteiger partial charge in [0.15, 0.2) is 5.16 Å². The van der Waals surface area contributed by atoms with E-state index in [2.05, 4.69) is 9.97 Å². The van der Waals surface area contributed by atoms with Crippen LogP contribution in [0.4, 0.5) is 5.82 Å². The molecule has 0 spiro atoms. The smallest absolute Gasteiger partial charge is 0.190 e. The van der Waals surface area contributed by atoms with Crippen LogP contribution >= 0.6 is 23.1 Å². The summed E-state index contributed by atoms with van der Waals surface area (Å²) in [6.45, 7) is 4.03. The van der Waals surface area contributed by atoms with Gasteiger partial charge in [0.25, 0.3) is 0 Å². The number of nitrogen functional groups attached to an aromatic ring is 1. The van der Waals surface area contributed by atoms with Crippen LogP contribution in [-0.2, 0) is 9.84 Å². The number of aryl methyl sites for hydroxylation is 2. The van der Waals surface area contributed by atoms with Crippen molar-refractivity contribution in [2.24, 2.45) is 0 Å². The summed E-state index contributed by atoms with van der Waals surface area (Å²) in [6.07, 6.45) is 1.22. The van der Waals surface area contributed by atoms with E-state index < -0.39 is 9.84 Å². The number of nitrogens with zero attached hydrogens (tertiary/aromatic N) is 2. The van der Waals surface area contributed by atoms with Gasteiger partial charge in [-0.3, -0.25) is 0 Å². The summed E-state index contributed by atoms with van der Waals surface area (Å²) in [4.78, 5) is 10.7. The molecule has 8 heteroatoms. The number of hydrogen-bond acceptors (Lipinski definition) is 7. The Morgan fingerprint density at radius 3 is 2.63 bits per heavy atom. The Hall–Kier alpha value is -0.860. The number of thioether (sulfide) groups is 1. The van der Waals surface area contributed by atoms with Gasteiger partial charge >= 0.3 is 0 Å². The minimum Gasteiger partial charge on any atom is -0.383 e. The van der Waals surface area contributed by atoms with Crippen molar-refractivity contribution in [1.82, 2.24) is 9.97 Å². The second-order valence-electron chi connectivity index (χ2n) is 4.33. The van der Waals surface area contributed by atoms with Crippen molar-refractivity contribution < 1.29 is 8.42 Å². The first kappa shape index (κ1) is 14.5. The number of thiophene rings is 1. The lowest BCUT2D eigenvalue weighted by Crippen LogP contribution is -2.05. The number of anilines is 1. The Morgan fingerprint density at radius 1 is 1.32 bits per heavy atom. The molecule has 0 amide bonds. The van der Waals surface area contributed by atoms with Crippen LogP contribution in [0.2, 0.25) is 0 Å². The molecule has 0 aliphatic rings. The second-order valence-corrected chi connectivity index (χ2v) is 8.86. The number of nitrogens with two attached hydrogens (primary N) is 1. The molecule has 2 aromatic heterocycles. The number of hydrogen-bond donors (Lipinski definition) is 1. The van der Waals surface area contributed by atoms with Crippen LogP contribution in [0.15, 0.2) is 5.16 Å². The molecule has 0 unspecified atom stereocenters. The molecule has 2 aromatic rings. The van der Waals surface area contributed by atoms with Crippen molar-refractivity contribution in [2.75, 3.05) is 23.5 Å². The lowest BCUT2D eigenvalue weighted by atomic mass is 10.2. The van der Waals surface area contributed by atoms with E-state index >= 15 is 0 Å².